The van der Waals surface area contributed by atoms with E-state index in [4.69, 9.17) is 10.5 Å². The molecule has 0 aliphatic rings. The van der Waals surface area contributed by atoms with Gasteiger partial charge >= 0.3 is 0 Å². The molecule has 1 rings (SSSR count). The third-order valence-corrected chi connectivity index (χ3v) is 2.84. The third kappa shape index (κ3) is 5.78. The fraction of sp³-hybridized carbons (Fsp3) is 0.438. The maximum absolute atomic E-state index is 11.6. The Morgan fingerprint density at radius 1 is 1.35 bits per heavy atom. The molecule has 0 radical (unpaired) electrons. The van der Waals surface area contributed by atoms with Gasteiger partial charge in [0.25, 0.3) is 0 Å². The molecular formula is C16H24N2O2. The maximum Gasteiger partial charge on any atom is 0.243 e. The van der Waals surface area contributed by atoms with Gasteiger partial charge in [-0.2, -0.15) is 0 Å². The lowest BCUT2D eigenvalue weighted by Crippen LogP contribution is -2.21. The third-order valence-electron chi connectivity index (χ3n) is 2.84. The SMILES string of the molecule is CCCCCNC(=O)/C=C\c1ccc(OCC)c(N)c1. The van der Waals surface area contributed by atoms with E-state index in [0.717, 1.165) is 31.4 Å². The van der Waals surface area contributed by atoms with Crippen molar-refractivity contribution in [2.24, 2.45) is 0 Å². The lowest BCUT2D eigenvalue weighted by Gasteiger charge is -2.07. The van der Waals surface area contributed by atoms with Gasteiger partial charge in [0.15, 0.2) is 0 Å². The zero-order valence-electron chi connectivity index (χ0n) is 12.3. The summed E-state index contributed by atoms with van der Waals surface area (Å²) in [5, 5.41) is 2.85. The van der Waals surface area contributed by atoms with Crippen molar-refractivity contribution in [1.29, 1.82) is 0 Å². The molecule has 4 nitrogen and oxygen atoms in total. The molecule has 20 heavy (non-hydrogen) atoms. The molecule has 1 aromatic carbocycles. The number of hydrogen-bond donors (Lipinski definition) is 2. The Hall–Kier alpha value is -1.97. The summed E-state index contributed by atoms with van der Waals surface area (Å²) in [5.41, 5.74) is 7.33. The summed E-state index contributed by atoms with van der Waals surface area (Å²) in [6.07, 6.45) is 6.59. The molecule has 0 bridgehead atoms. The summed E-state index contributed by atoms with van der Waals surface area (Å²) in [7, 11) is 0. The van der Waals surface area contributed by atoms with Gasteiger partial charge in [0.05, 0.1) is 12.3 Å². The van der Waals surface area contributed by atoms with Gasteiger partial charge in [-0.05, 0) is 37.1 Å². The monoisotopic (exact) mass is 276 g/mol. The number of nitrogens with one attached hydrogen (secondary N) is 1. The Balaban J connectivity index is 2.49. The van der Waals surface area contributed by atoms with E-state index in [0.29, 0.717) is 18.0 Å². The van der Waals surface area contributed by atoms with E-state index in [9.17, 15) is 4.79 Å². The highest BCUT2D eigenvalue weighted by atomic mass is 16.5. The molecule has 0 atom stereocenters. The number of rotatable bonds is 8. The molecule has 0 saturated heterocycles. The Morgan fingerprint density at radius 2 is 2.15 bits per heavy atom. The lowest BCUT2D eigenvalue weighted by molar-refractivity contribution is -0.116. The molecule has 110 valence electrons. The van der Waals surface area contributed by atoms with Crippen molar-refractivity contribution in [3.8, 4) is 5.75 Å². The van der Waals surface area contributed by atoms with Gasteiger partial charge in [0, 0.05) is 12.6 Å². The Kier molecular flexibility index (Phi) is 7.25. The first-order chi connectivity index (χ1) is 9.67. The lowest BCUT2D eigenvalue weighted by atomic mass is 10.1. The van der Waals surface area contributed by atoms with Crippen LogP contribution in [0.15, 0.2) is 24.3 Å². The van der Waals surface area contributed by atoms with Gasteiger partial charge in [-0.15, -0.1) is 0 Å². The molecule has 3 N–H and O–H groups in total. The minimum atomic E-state index is -0.0754. The van der Waals surface area contributed by atoms with Crippen LogP contribution in [0.25, 0.3) is 6.08 Å². The fourth-order valence-corrected chi connectivity index (χ4v) is 1.77. The van der Waals surface area contributed by atoms with Crippen molar-refractivity contribution < 1.29 is 9.53 Å². The van der Waals surface area contributed by atoms with Gasteiger partial charge in [0.1, 0.15) is 5.75 Å². The second-order valence-corrected chi connectivity index (χ2v) is 4.56. The van der Waals surface area contributed by atoms with Gasteiger partial charge < -0.3 is 15.8 Å². The Labute approximate surface area is 121 Å². The van der Waals surface area contributed by atoms with Crippen molar-refractivity contribution in [2.75, 3.05) is 18.9 Å². The van der Waals surface area contributed by atoms with E-state index in [1.54, 1.807) is 12.1 Å². The summed E-state index contributed by atoms with van der Waals surface area (Å²) >= 11 is 0. The minimum Gasteiger partial charge on any atom is -0.492 e. The molecule has 1 amide bonds. The van der Waals surface area contributed by atoms with Crippen LogP contribution < -0.4 is 15.8 Å². The summed E-state index contributed by atoms with van der Waals surface area (Å²) in [5.74, 6) is 0.599. The predicted molar refractivity (Wildman–Crippen MR) is 83.6 cm³/mol. The molecule has 0 aromatic heterocycles. The first-order valence-corrected chi connectivity index (χ1v) is 7.15. The van der Waals surface area contributed by atoms with Crippen LogP contribution in [-0.2, 0) is 4.79 Å². The highest BCUT2D eigenvalue weighted by Crippen LogP contribution is 2.22. The molecule has 0 unspecified atom stereocenters. The highest BCUT2D eigenvalue weighted by molar-refractivity contribution is 5.91. The second kappa shape index (κ2) is 9.02. The van der Waals surface area contributed by atoms with Crippen molar-refractivity contribution in [1.82, 2.24) is 5.32 Å². The van der Waals surface area contributed by atoms with Gasteiger partial charge in [-0.3, -0.25) is 4.79 Å². The molecule has 1 aromatic rings. The molecule has 0 aliphatic carbocycles. The Bertz CT molecular complexity index is 456. The van der Waals surface area contributed by atoms with E-state index in [1.165, 1.54) is 6.08 Å². The number of ether oxygens (including phenoxy) is 1. The van der Waals surface area contributed by atoms with Crippen LogP contribution in [-0.4, -0.2) is 19.1 Å². The smallest absolute Gasteiger partial charge is 0.243 e. The van der Waals surface area contributed by atoms with Crippen LogP contribution in [0.4, 0.5) is 5.69 Å². The van der Waals surface area contributed by atoms with Gasteiger partial charge in [0.2, 0.25) is 5.91 Å². The van der Waals surface area contributed by atoms with Crippen LogP contribution in [0.3, 0.4) is 0 Å². The van der Waals surface area contributed by atoms with Crippen molar-refractivity contribution >= 4 is 17.7 Å². The molecule has 0 aliphatic heterocycles. The van der Waals surface area contributed by atoms with Crippen LogP contribution in [0, 0.1) is 0 Å². The maximum atomic E-state index is 11.6. The summed E-state index contributed by atoms with van der Waals surface area (Å²) in [4.78, 5) is 11.6. The number of carbonyl (C=O) groups is 1. The van der Waals surface area contributed by atoms with Gasteiger partial charge in [-0.1, -0.05) is 25.8 Å². The predicted octanol–water partition coefficient (Wildman–Crippen LogP) is 2.99. The van der Waals surface area contributed by atoms with E-state index in [-0.39, 0.29) is 5.91 Å². The summed E-state index contributed by atoms with van der Waals surface area (Å²) in [6, 6.07) is 5.49. The van der Waals surface area contributed by atoms with Crippen LogP contribution >= 0.6 is 0 Å². The van der Waals surface area contributed by atoms with Crippen molar-refractivity contribution in [2.45, 2.75) is 33.1 Å². The Morgan fingerprint density at radius 3 is 2.80 bits per heavy atom. The normalized spacial score (nSPS) is 10.7. The number of hydrogen-bond acceptors (Lipinski definition) is 3. The largest absolute Gasteiger partial charge is 0.492 e. The van der Waals surface area contributed by atoms with Crippen molar-refractivity contribution in [3.05, 3.63) is 29.8 Å². The topological polar surface area (TPSA) is 64.3 Å². The van der Waals surface area contributed by atoms with Crippen LogP contribution in [0.2, 0.25) is 0 Å². The quantitative estimate of drug-likeness (QED) is 0.436. The van der Waals surface area contributed by atoms with E-state index in [2.05, 4.69) is 12.2 Å². The van der Waals surface area contributed by atoms with E-state index in [1.807, 2.05) is 19.1 Å². The summed E-state index contributed by atoms with van der Waals surface area (Å²) in [6.45, 7) is 5.36. The molecular weight excluding hydrogens is 252 g/mol. The molecule has 0 fully saturated rings. The summed E-state index contributed by atoms with van der Waals surface area (Å²) < 4.78 is 5.36. The number of anilines is 1. The second-order valence-electron chi connectivity index (χ2n) is 4.56. The zero-order valence-corrected chi connectivity index (χ0v) is 12.3. The highest BCUT2D eigenvalue weighted by Gasteiger charge is 2.00. The number of carbonyl (C=O) groups excluding carboxylic acids is 1. The molecule has 0 saturated carbocycles. The average molecular weight is 276 g/mol. The van der Waals surface area contributed by atoms with Gasteiger partial charge in [-0.25, -0.2) is 0 Å². The number of nitrogens with two attached hydrogens (primary N) is 1. The van der Waals surface area contributed by atoms with E-state index < -0.39 is 0 Å². The molecule has 4 heteroatoms. The molecule has 0 heterocycles. The zero-order chi connectivity index (χ0) is 14.8. The number of unbranched alkanes of at least 4 members (excludes halogenated alkanes) is 2. The standard InChI is InChI=1S/C16H24N2O2/c1-3-5-6-11-18-16(19)10-8-13-7-9-15(20-4-2)14(17)12-13/h7-10,12H,3-6,11,17H2,1-2H3,(H,18,19)/b10-8-. The number of benzene rings is 1. The number of amides is 1. The first kappa shape index (κ1) is 16.1. The average Bonchev–Trinajstić information content (AvgIpc) is 2.44. The van der Waals surface area contributed by atoms with Crippen LogP contribution in [0.5, 0.6) is 5.75 Å². The minimum absolute atomic E-state index is 0.0754. The number of nitrogen functional groups attached to an aromatic ring is 1. The van der Waals surface area contributed by atoms with E-state index >= 15 is 0 Å². The van der Waals surface area contributed by atoms with Crippen LogP contribution in [0.1, 0.15) is 38.7 Å². The van der Waals surface area contributed by atoms with Crippen molar-refractivity contribution in [3.63, 3.8) is 0 Å². The first-order valence-electron chi connectivity index (χ1n) is 7.15. The fourth-order valence-electron chi connectivity index (χ4n) is 1.77. The molecule has 0 spiro atoms.